The van der Waals surface area contributed by atoms with Gasteiger partial charge in [0, 0.05) is 15.8 Å². The van der Waals surface area contributed by atoms with E-state index in [0.717, 1.165) is 0 Å². The second kappa shape index (κ2) is 3.15. The summed E-state index contributed by atoms with van der Waals surface area (Å²) >= 11 is 3.60. The fourth-order valence-electron chi connectivity index (χ4n) is 0.643. The van der Waals surface area contributed by atoms with Crippen molar-refractivity contribution in [2.24, 2.45) is 0 Å². The Morgan fingerprint density at radius 1 is 1.45 bits per heavy atom. The number of thiazole rings is 1. The van der Waals surface area contributed by atoms with Crippen molar-refractivity contribution in [2.45, 2.75) is 36.8 Å². The molecule has 0 unspecified atom stereocenters. The van der Waals surface area contributed by atoms with E-state index < -0.39 is 0 Å². The van der Waals surface area contributed by atoms with Gasteiger partial charge in [0.05, 0.1) is 0 Å². The molecule has 0 radical (unpaired) electrons. The van der Waals surface area contributed by atoms with Gasteiger partial charge in [-0.1, -0.05) is 32.5 Å². The van der Waals surface area contributed by atoms with Crippen molar-refractivity contribution in [1.82, 2.24) is 4.98 Å². The number of hydrogen-bond donors (Lipinski definition) is 0. The second-order valence-corrected chi connectivity index (χ2v) is 6.76. The number of aromatic nitrogens is 1. The lowest BCUT2D eigenvalue weighted by atomic mass is 10.3. The molecule has 0 aliphatic heterocycles. The van der Waals surface area contributed by atoms with Gasteiger partial charge in [-0.25, -0.2) is 4.98 Å². The average molecular weight is 187 g/mol. The summed E-state index contributed by atoms with van der Waals surface area (Å²) in [7, 11) is 0. The SMILES string of the molecule is Cc1cnc(SC(C)(C)C)s1. The van der Waals surface area contributed by atoms with Gasteiger partial charge in [-0.2, -0.15) is 0 Å². The monoisotopic (exact) mass is 187 g/mol. The molecule has 0 atom stereocenters. The molecule has 0 amide bonds. The fraction of sp³-hybridized carbons (Fsp3) is 0.625. The van der Waals surface area contributed by atoms with Crippen LogP contribution < -0.4 is 0 Å². The summed E-state index contributed by atoms with van der Waals surface area (Å²) in [4.78, 5) is 5.57. The van der Waals surface area contributed by atoms with Gasteiger partial charge in [-0.3, -0.25) is 0 Å². The molecule has 0 aromatic carbocycles. The van der Waals surface area contributed by atoms with Crippen molar-refractivity contribution >= 4 is 23.1 Å². The summed E-state index contributed by atoms with van der Waals surface area (Å²) in [6, 6.07) is 0. The molecule has 0 aliphatic rings. The van der Waals surface area contributed by atoms with Crippen LogP contribution in [0.3, 0.4) is 0 Å². The molecule has 11 heavy (non-hydrogen) atoms. The third-order valence-electron chi connectivity index (χ3n) is 0.994. The topological polar surface area (TPSA) is 12.9 Å². The predicted molar refractivity (Wildman–Crippen MR) is 52.5 cm³/mol. The minimum atomic E-state index is 0.282. The zero-order valence-corrected chi connectivity index (χ0v) is 8.97. The molecule has 3 heteroatoms. The van der Waals surface area contributed by atoms with E-state index in [1.807, 2.05) is 18.0 Å². The smallest absolute Gasteiger partial charge is 0.150 e. The van der Waals surface area contributed by atoms with Crippen LogP contribution in [0.5, 0.6) is 0 Å². The third-order valence-corrected chi connectivity index (χ3v) is 3.09. The lowest BCUT2D eigenvalue weighted by Crippen LogP contribution is -2.06. The highest BCUT2D eigenvalue weighted by molar-refractivity contribution is 8.02. The number of thioether (sulfide) groups is 1. The normalized spacial score (nSPS) is 12.0. The molecule has 0 saturated heterocycles. The van der Waals surface area contributed by atoms with Crippen LogP contribution in [-0.4, -0.2) is 9.73 Å². The van der Waals surface area contributed by atoms with Crippen molar-refractivity contribution in [1.29, 1.82) is 0 Å². The highest BCUT2D eigenvalue weighted by Gasteiger charge is 2.13. The van der Waals surface area contributed by atoms with Gasteiger partial charge in [0.1, 0.15) is 0 Å². The molecular formula is C8H13NS2. The van der Waals surface area contributed by atoms with Crippen molar-refractivity contribution in [3.63, 3.8) is 0 Å². The van der Waals surface area contributed by atoms with E-state index >= 15 is 0 Å². The van der Waals surface area contributed by atoms with Crippen LogP contribution in [0.25, 0.3) is 0 Å². The van der Waals surface area contributed by atoms with Crippen LogP contribution in [0.4, 0.5) is 0 Å². The molecule has 1 nitrogen and oxygen atoms in total. The predicted octanol–water partition coefficient (Wildman–Crippen LogP) is 3.34. The number of hydrogen-bond acceptors (Lipinski definition) is 3. The van der Waals surface area contributed by atoms with E-state index in [4.69, 9.17) is 0 Å². The van der Waals surface area contributed by atoms with Gasteiger partial charge in [0.2, 0.25) is 0 Å². The maximum atomic E-state index is 4.28. The molecule has 0 spiro atoms. The average Bonchev–Trinajstić information content (AvgIpc) is 2.10. The Hall–Kier alpha value is -0.0200. The maximum Gasteiger partial charge on any atom is 0.150 e. The van der Waals surface area contributed by atoms with E-state index in [0.29, 0.717) is 0 Å². The second-order valence-electron chi connectivity index (χ2n) is 3.45. The van der Waals surface area contributed by atoms with Crippen molar-refractivity contribution < 1.29 is 0 Å². The lowest BCUT2D eigenvalue weighted by molar-refractivity contribution is 0.802. The van der Waals surface area contributed by atoms with E-state index in [-0.39, 0.29) is 4.75 Å². The molecule has 1 rings (SSSR count). The first-order valence-corrected chi connectivity index (χ1v) is 5.22. The molecule has 0 bridgehead atoms. The van der Waals surface area contributed by atoms with E-state index in [1.54, 1.807) is 11.3 Å². The lowest BCUT2D eigenvalue weighted by Gasteiger charge is -2.14. The van der Waals surface area contributed by atoms with E-state index in [2.05, 4.69) is 32.7 Å². The highest BCUT2D eigenvalue weighted by atomic mass is 32.2. The maximum absolute atomic E-state index is 4.28. The van der Waals surface area contributed by atoms with Crippen LogP contribution in [0.15, 0.2) is 10.5 Å². The minimum Gasteiger partial charge on any atom is -0.238 e. The molecule has 0 aliphatic carbocycles. The highest BCUT2D eigenvalue weighted by Crippen LogP contribution is 2.33. The van der Waals surface area contributed by atoms with Gasteiger partial charge in [-0.05, 0) is 6.92 Å². The van der Waals surface area contributed by atoms with Crippen molar-refractivity contribution in [2.75, 3.05) is 0 Å². The minimum absolute atomic E-state index is 0.282. The van der Waals surface area contributed by atoms with Crippen LogP contribution >= 0.6 is 23.1 Å². The summed E-state index contributed by atoms with van der Waals surface area (Å²) in [6.45, 7) is 8.70. The Balaban J connectivity index is 2.65. The molecule has 1 heterocycles. The molecular weight excluding hydrogens is 174 g/mol. The van der Waals surface area contributed by atoms with Crippen LogP contribution in [-0.2, 0) is 0 Å². The van der Waals surface area contributed by atoms with Gasteiger partial charge >= 0.3 is 0 Å². The molecule has 62 valence electrons. The quantitative estimate of drug-likeness (QED) is 0.625. The van der Waals surface area contributed by atoms with Crippen LogP contribution in [0.2, 0.25) is 0 Å². The van der Waals surface area contributed by atoms with Gasteiger partial charge < -0.3 is 0 Å². The molecule has 0 N–H and O–H groups in total. The number of nitrogens with zero attached hydrogens (tertiary/aromatic N) is 1. The molecule has 0 saturated carbocycles. The summed E-state index contributed by atoms with van der Waals surface area (Å²) in [5.74, 6) is 0. The molecule has 0 fully saturated rings. The Kier molecular flexibility index (Phi) is 2.60. The number of rotatable bonds is 1. The van der Waals surface area contributed by atoms with Crippen molar-refractivity contribution in [3.05, 3.63) is 11.1 Å². The van der Waals surface area contributed by atoms with Crippen LogP contribution in [0, 0.1) is 6.92 Å². The third kappa shape index (κ3) is 3.25. The van der Waals surface area contributed by atoms with E-state index in [9.17, 15) is 0 Å². The summed E-state index contributed by atoms with van der Waals surface area (Å²) in [5, 5.41) is 0. The summed E-state index contributed by atoms with van der Waals surface area (Å²) in [6.07, 6.45) is 1.93. The molecule has 1 aromatic heterocycles. The van der Waals surface area contributed by atoms with Gasteiger partial charge in [-0.15, -0.1) is 11.3 Å². The first-order valence-electron chi connectivity index (χ1n) is 3.59. The van der Waals surface area contributed by atoms with Gasteiger partial charge in [0.25, 0.3) is 0 Å². The zero-order valence-electron chi connectivity index (χ0n) is 7.34. The largest absolute Gasteiger partial charge is 0.238 e. The zero-order chi connectivity index (χ0) is 8.48. The summed E-state index contributed by atoms with van der Waals surface area (Å²) < 4.78 is 1.46. The fourth-order valence-corrected chi connectivity index (χ4v) is 3.07. The molecule has 1 aromatic rings. The Labute approximate surface area is 76.2 Å². The number of aryl methyl sites for hydroxylation is 1. The van der Waals surface area contributed by atoms with Gasteiger partial charge in [0.15, 0.2) is 4.34 Å². The van der Waals surface area contributed by atoms with E-state index in [1.165, 1.54) is 9.22 Å². The Morgan fingerprint density at radius 2 is 2.09 bits per heavy atom. The summed E-state index contributed by atoms with van der Waals surface area (Å²) in [5.41, 5.74) is 0. The first-order chi connectivity index (χ1) is 4.97. The Morgan fingerprint density at radius 3 is 2.45 bits per heavy atom. The Bertz CT molecular complexity index is 234. The first kappa shape index (κ1) is 9.07. The van der Waals surface area contributed by atoms with Crippen molar-refractivity contribution in [3.8, 4) is 0 Å². The standard InChI is InChI=1S/C8H13NS2/c1-6-5-9-7(10-6)11-8(2,3)4/h5H,1-4H3. The van der Waals surface area contributed by atoms with Crippen LogP contribution in [0.1, 0.15) is 25.6 Å².